The molecule has 0 bridgehead atoms. The number of hydrogen-bond acceptors (Lipinski definition) is 9. The Labute approximate surface area is 224 Å². The topological polar surface area (TPSA) is 103 Å². The smallest absolute Gasteiger partial charge is 0.247 e. The Bertz CT molecular complexity index is 1490. The predicted molar refractivity (Wildman–Crippen MR) is 147 cm³/mol. The van der Waals surface area contributed by atoms with Crippen molar-refractivity contribution in [3.8, 4) is 17.0 Å². The summed E-state index contributed by atoms with van der Waals surface area (Å²) in [7, 11) is 1.94. The molecular formula is C26H30N10OS. The van der Waals surface area contributed by atoms with Crippen LogP contribution >= 0.6 is 11.8 Å². The second-order valence-corrected chi connectivity index (χ2v) is 10.3. The monoisotopic (exact) mass is 530 g/mol. The normalized spacial score (nSPS) is 13.9. The molecule has 0 amide bonds. The van der Waals surface area contributed by atoms with E-state index < -0.39 is 0 Å². The van der Waals surface area contributed by atoms with Gasteiger partial charge in [0.05, 0.1) is 18.4 Å². The molecule has 4 aromatic heterocycles. The maximum Gasteiger partial charge on any atom is 0.247 e. The van der Waals surface area contributed by atoms with E-state index in [0.29, 0.717) is 12.6 Å². The number of aryl methyl sites for hydroxylation is 2. The van der Waals surface area contributed by atoms with Crippen molar-refractivity contribution in [1.29, 1.82) is 0 Å². The van der Waals surface area contributed by atoms with Gasteiger partial charge in [-0.3, -0.25) is 9.58 Å². The summed E-state index contributed by atoms with van der Waals surface area (Å²) in [4.78, 5) is 7.11. The summed E-state index contributed by atoms with van der Waals surface area (Å²) in [6.07, 6.45) is 8.19. The highest BCUT2D eigenvalue weighted by Crippen LogP contribution is 2.23. The van der Waals surface area contributed by atoms with Gasteiger partial charge in [0, 0.05) is 36.8 Å². The Morgan fingerprint density at radius 2 is 1.92 bits per heavy atom. The van der Waals surface area contributed by atoms with Gasteiger partial charge < -0.3 is 14.6 Å². The molecule has 6 rings (SSSR count). The number of nitrogens with zero attached hydrogens (tertiary/aromatic N) is 9. The molecule has 0 radical (unpaired) electrons. The first-order valence-electron chi connectivity index (χ1n) is 12.8. The molecule has 1 aliphatic rings. The average molecular weight is 531 g/mol. The molecule has 0 unspecified atom stereocenters. The van der Waals surface area contributed by atoms with Crippen LogP contribution in [0.5, 0.6) is 5.75 Å². The van der Waals surface area contributed by atoms with Gasteiger partial charge in [0.2, 0.25) is 5.95 Å². The Hall–Kier alpha value is -3.90. The molecule has 0 spiro atoms. The number of aromatic nitrogens is 8. The van der Waals surface area contributed by atoms with Crippen molar-refractivity contribution >= 4 is 29.0 Å². The summed E-state index contributed by atoms with van der Waals surface area (Å²) in [5.74, 6) is 2.25. The number of anilines is 2. The van der Waals surface area contributed by atoms with E-state index in [0.717, 1.165) is 52.3 Å². The summed E-state index contributed by atoms with van der Waals surface area (Å²) in [5, 5.41) is 21.5. The first kappa shape index (κ1) is 24.4. The Morgan fingerprint density at radius 3 is 2.74 bits per heavy atom. The lowest BCUT2D eigenvalue weighted by atomic mass is 10.2. The molecule has 1 saturated heterocycles. The van der Waals surface area contributed by atoms with Crippen molar-refractivity contribution in [3.05, 3.63) is 61.2 Å². The zero-order valence-electron chi connectivity index (χ0n) is 21.3. The summed E-state index contributed by atoms with van der Waals surface area (Å²) in [6, 6.07) is 13.9. The van der Waals surface area contributed by atoms with E-state index in [1.165, 1.54) is 25.9 Å². The van der Waals surface area contributed by atoms with Crippen LogP contribution in [0.2, 0.25) is 0 Å². The molecule has 0 saturated carbocycles. The number of pyridine rings is 1. The largest absolute Gasteiger partial charge is 0.492 e. The lowest BCUT2D eigenvalue weighted by Gasteiger charge is -2.15. The van der Waals surface area contributed by atoms with Crippen LogP contribution in [0.25, 0.3) is 16.9 Å². The molecule has 12 heteroatoms. The van der Waals surface area contributed by atoms with Crippen molar-refractivity contribution < 1.29 is 4.74 Å². The van der Waals surface area contributed by atoms with E-state index in [2.05, 4.69) is 30.5 Å². The molecule has 1 aromatic carbocycles. The number of rotatable bonds is 11. The van der Waals surface area contributed by atoms with Gasteiger partial charge in [0.25, 0.3) is 0 Å². The summed E-state index contributed by atoms with van der Waals surface area (Å²) < 4.78 is 11.6. The standard InChI is InChI=1S/C26H30N10OS/c1-33-19-27-31-26(33)38-16-14-35-18-20(17-28-35)23-5-4-6-24-30-25(32-36(23)24)29-21-7-9-22(10-8-21)37-15-13-34-11-2-3-12-34/h4-10,17-19H,2-3,11-16H2,1H3,(H,29,32). The third-order valence-electron chi connectivity index (χ3n) is 6.50. The number of fused-ring (bicyclic) bond motifs is 1. The molecular weight excluding hydrogens is 500 g/mol. The van der Waals surface area contributed by atoms with Gasteiger partial charge in [-0.25, -0.2) is 4.52 Å². The average Bonchev–Trinajstić information content (AvgIpc) is 3.73. The molecule has 196 valence electrons. The molecule has 1 N–H and O–H groups in total. The second-order valence-electron chi connectivity index (χ2n) is 9.23. The van der Waals surface area contributed by atoms with Crippen molar-refractivity contribution in [2.75, 3.05) is 37.3 Å². The zero-order chi connectivity index (χ0) is 25.7. The van der Waals surface area contributed by atoms with Gasteiger partial charge in [-0.1, -0.05) is 17.8 Å². The number of ether oxygens (including phenoxy) is 1. The summed E-state index contributed by atoms with van der Waals surface area (Å²) in [6.45, 7) is 4.82. The van der Waals surface area contributed by atoms with Crippen molar-refractivity contribution in [2.24, 2.45) is 7.05 Å². The van der Waals surface area contributed by atoms with Crippen molar-refractivity contribution in [1.82, 2.24) is 44.0 Å². The fraction of sp³-hybridized carbons (Fsp3) is 0.346. The van der Waals surface area contributed by atoms with Crippen LogP contribution in [0, 0.1) is 0 Å². The fourth-order valence-electron chi connectivity index (χ4n) is 4.49. The molecule has 0 atom stereocenters. The zero-order valence-corrected chi connectivity index (χ0v) is 22.1. The van der Waals surface area contributed by atoms with Crippen LogP contribution in [0.1, 0.15) is 12.8 Å². The van der Waals surface area contributed by atoms with E-state index in [4.69, 9.17) is 9.84 Å². The highest BCUT2D eigenvalue weighted by atomic mass is 32.2. The van der Waals surface area contributed by atoms with E-state index in [-0.39, 0.29) is 0 Å². The van der Waals surface area contributed by atoms with Crippen LogP contribution < -0.4 is 10.1 Å². The molecule has 1 aliphatic heterocycles. The highest BCUT2D eigenvalue weighted by Gasteiger charge is 2.12. The van der Waals surface area contributed by atoms with Gasteiger partial charge in [0.1, 0.15) is 18.7 Å². The van der Waals surface area contributed by atoms with Gasteiger partial charge in [-0.2, -0.15) is 10.1 Å². The van der Waals surface area contributed by atoms with Crippen molar-refractivity contribution in [2.45, 2.75) is 24.5 Å². The minimum atomic E-state index is 0.535. The molecule has 11 nitrogen and oxygen atoms in total. The van der Waals surface area contributed by atoms with Gasteiger partial charge >= 0.3 is 0 Å². The quantitative estimate of drug-likeness (QED) is 0.256. The number of thioether (sulfide) groups is 1. The van der Waals surface area contributed by atoms with Crippen molar-refractivity contribution in [3.63, 3.8) is 0 Å². The number of benzene rings is 1. The van der Waals surface area contributed by atoms with E-state index >= 15 is 0 Å². The van der Waals surface area contributed by atoms with E-state index in [1.807, 2.05) is 75.7 Å². The predicted octanol–water partition coefficient (Wildman–Crippen LogP) is 3.73. The first-order chi connectivity index (χ1) is 18.7. The fourth-order valence-corrected chi connectivity index (χ4v) is 5.31. The van der Waals surface area contributed by atoms with Crippen LogP contribution in [-0.2, 0) is 13.6 Å². The molecule has 5 aromatic rings. The summed E-state index contributed by atoms with van der Waals surface area (Å²) in [5.41, 5.74) is 3.57. The maximum absolute atomic E-state index is 5.92. The van der Waals surface area contributed by atoms with E-state index in [9.17, 15) is 0 Å². The Balaban J connectivity index is 1.08. The van der Waals surface area contributed by atoms with Gasteiger partial charge in [-0.05, 0) is 62.3 Å². The number of nitrogens with one attached hydrogen (secondary N) is 1. The Morgan fingerprint density at radius 1 is 1.05 bits per heavy atom. The number of hydrogen-bond donors (Lipinski definition) is 1. The van der Waals surface area contributed by atoms with Crippen LogP contribution in [0.4, 0.5) is 11.6 Å². The minimum absolute atomic E-state index is 0.535. The van der Waals surface area contributed by atoms with Crippen LogP contribution in [0.3, 0.4) is 0 Å². The third-order valence-corrected chi connectivity index (χ3v) is 7.51. The van der Waals surface area contributed by atoms with E-state index in [1.54, 1.807) is 18.1 Å². The molecule has 0 aliphatic carbocycles. The first-order valence-corrected chi connectivity index (χ1v) is 13.8. The highest BCUT2D eigenvalue weighted by molar-refractivity contribution is 7.99. The Kier molecular flexibility index (Phi) is 7.22. The van der Waals surface area contributed by atoms with Gasteiger partial charge in [-0.15, -0.1) is 15.3 Å². The number of likely N-dealkylation sites (tertiary alicyclic amines) is 1. The molecule has 1 fully saturated rings. The second kappa shape index (κ2) is 11.2. The SMILES string of the molecule is Cn1cnnc1SCCn1cc(-c2cccc3nc(Nc4ccc(OCCN5CCCC5)cc4)nn23)cn1. The lowest BCUT2D eigenvalue weighted by molar-refractivity contribution is 0.238. The molecule has 38 heavy (non-hydrogen) atoms. The minimum Gasteiger partial charge on any atom is -0.492 e. The summed E-state index contributed by atoms with van der Waals surface area (Å²) >= 11 is 1.65. The lowest BCUT2D eigenvalue weighted by Crippen LogP contribution is -2.25. The third kappa shape index (κ3) is 5.65. The van der Waals surface area contributed by atoms with Crippen LogP contribution in [0.15, 0.2) is 66.3 Å². The van der Waals surface area contributed by atoms with Crippen LogP contribution in [-0.4, -0.2) is 76.0 Å². The molecule has 5 heterocycles. The van der Waals surface area contributed by atoms with Gasteiger partial charge in [0.15, 0.2) is 10.8 Å². The maximum atomic E-state index is 5.92.